The summed E-state index contributed by atoms with van der Waals surface area (Å²) in [5, 5.41) is 1.08. The third-order valence-corrected chi connectivity index (χ3v) is 4.17. The summed E-state index contributed by atoms with van der Waals surface area (Å²) in [5.74, 6) is 1.11. The number of aromatic nitrogens is 3. The van der Waals surface area contributed by atoms with Crippen LogP contribution in [0.15, 0.2) is 24.4 Å². The van der Waals surface area contributed by atoms with E-state index in [1.807, 2.05) is 25.1 Å². The molecule has 4 nitrogen and oxygen atoms in total. The quantitative estimate of drug-likeness (QED) is 0.673. The summed E-state index contributed by atoms with van der Waals surface area (Å²) >= 11 is 7.56. The zero-order valence-electron chi connectivity index (χ0n) is 11.1. The molecule has 0 spiro atoms. The van der Waals surface area contributed by atoms with Crippen LogP contribution in [0, 0.1) is 6.92 Å². The average Bonchev–Trinajstić information content (AvgIpc) is 2.84. The highest BCUT2D eigenvalue weighted by atomic mass is 35.5. The highest BCUT2D eigenvalue weighted by Crippen LogP contribution is 2.33. The van der Waals surface area contributed by atoms with Crippen molar-refractivity contribution >= 4 is 33.2 Å². The lowest BCUT2D eigenvalue weighted by molar-refractivity contribution is 0.466. The number of thiophene rings is 1. The van der Waals surface area contributed by atoms with E-state index < -0.39 is 0 Å². The second-order valence-corrected chi connectivity index (χ2v) is 5.77. The number of hydrogen-bond acceptors (Lipinski definition) is 5. The van der Waals surface area contributed by atoms with Gasteiger partial charge in [0.2, 0.25) is 11.2 Å². The Hall–Kier alpha value is -1.72. The van der Waals surface area contributed by atoms with Crippen LogP contribution < -0.4 is 4.74 Å². The maximum Gasteiger partial charge on any atom is 0.232 e. The Labute approximate surface area is 125 Å². The molecule has 0 saturated heterocycles. The van der Waals surface area contributed by atoms with Crippen LogP contribution in [0.2, 0.25) is 5.28 Å². The maximum atomic E-state index is 5.96. The van der Waals surface area contributed by atoms with Crippen molar-refractivity contribution in [1.29, 1.82) is 0 Å². The number of fused-ring (bicyclic) bond motifs is 1. The molecule has 20 heavy (non-hydrogen) atoms. The molecule has 0 fully saturated rings. The van der Waals surface area contributed by atoms with Crippen LogP contribution in [0.5, 0.6) is 11.6 Å². The lowest BCUT2D eigenvalue weighted by atomic mass is 10.3. The van der Waals surface area contributed by atoms with E-state index in [1.165, 1.54) is 4.88 Å². The van der Waals surface area contributed by atoms with E-state index in [2.05, 4.69) is 21.9 Å². The van der Waals surface area contributed by atoms with Gasteiger partial charge in [0.25, 0.3) is 0 Å². The fourth-order valence-electron chi connectivity index (χ4n) is 1.80. The zero-order valence-corrected chi connectivity index (χ0v) is 12.6. The zero-order chi connectivity index (χ0) is 14.1. The smallest absolute Gasteiger partial charge is 0.232 e. The predicted octanol–water partition coefficient (Wildman–Crippen LogP) is 4.40. The Morgan fingerprint density at radius 3 is 2.85 bits per heavy atom. The third kappa shape index (κ3) is 2.59. The number of aryl methyl sites for hydroxylation is 2. The largest absolute Gasteiger partial charge is 0.437 e. The molecule has 0 saturated carbocycles. The van der Waals surface area contributed by atoms with Crippen molar-refractivity contribution in [3.05, 3.63) is 40.3 Å². The molecule has 0 aliphatic heterocycles. The first-order valence-electron chi connectivity index (χ1n) is 6.22. The van der Waals surface area contributed by atoms with E-state index in [0.29, 0.717) is 11.6 Å². The topological polar surface area (TPSA) is 47.9 Å². The summed E-state index contributed by atoms with van der Waals surface area (Å²) in [6.07, 6.45) is 2.62. The van der Waals surface area contributed by atoms with Crippen LogP contribution in [0.1, 0.15) is 17.5 Å². The van der Waals surface area contributed by atoms with Gasteiger partial charge in [0.05, 0.1) is 11.6 Å². The van der Waals surface area contributed by atoms with Gasteiger partial charge in [-0.15, -0.1) is 11.3 Å². The Bertz CT molecular complexity index is 755. The summed E-state index contributed by atoms with van der Waals surface area (Å²) in [5.41, 5.74) is 0.937. The van der Waals surface area contributed by atoms with Gasteiger partial charge in [-0.2, -0.15) is 4.98 Å². The molecule has 3 heterocycles. The minimum Gasteiger partial charge on any atom is -0.437 e. The van der Waals surface area contributed by atoms with E-state index >= 15 is 0 Å². The van der Waals surface area contributed by atoms with Crippen LogP contribution >= 0.6 is 22.9 Å². The first-order chi connectivity index (χ1) is 9.65. The molecule has 0 aliphatic carbocycles. The molecule has 0 amide bonds. The van der Waals surface area contributed by atoms with Crippen LogP contribution in [0.3, 0.4) is 0 Å². The predicted molar refractivity (Wildman–Crippen MR) is 80.9 cm³/mol. The van der Waals surface area contributed by atoms with Crippen molar-refractivity contribution in [3.8, 4) is 11.6 Å². The molecule has 102 valence electrons. The molecule has 0 radical (unpaired) electrons. The molecule has 0 bridgehead atoms. The van der Waals surface area contributed by atoms with Crippen LogP contribution in [-0.4, -0.2) is 15.0 Å². The van der Waals surface area contributed by atoms with E-state index in [-0.39, 0.29) is 5.28 Å². The van der Waals surface area contributed by atoms with Crippen molar-refractivity contribution in [1.82, 2.24) is 15.0 Å². The van der Waals surface area contributed by atoms with Gasteiger partial charge in [-0.3, -0.25) is 4.98 Å². The van der Waals surface area contributed by atoms with Gasteiger partial charge in [0, 0.05) is 10.6 Å². The first-order valence-corrected chi connectivity index (χ1v) is 7.41. The van der Waals surface area contributed by atoms with Gasteiger partial charge in [-0.25, -0.2) is 4.98 Å². The Kier molecular flexibility index (Phi) is 3.54. The molecule has 6 heteroatoms. The standard InChI is InChI=1S/C14H12ClN3OS/c1-3-10-6-11-12(17-14(15)18-13(11)20-10)19-9-5-4-8(2)16-7-9/h4-7H,3H2,1-2H3. The highest BCUT2D eigenvalue weighted by molar-refractivity contribution is 7.18. The summed E-state index contributed by atoms with van der Waals surface area (Å²) in [7, 11) is 0. The van der Waals surface area contributed by atoms with E-state index in [0.717, 1.165) is 22.3 Å². The van der Waals surface area contributed by atoms with Crippen LogP contribution in [0.25, 0.3) is 10.2 Å². The summed E-state index contributed by atoms with van der Waals surface area (Å²) < 4.78 is 5.79. The van der Waals surface area contributed by atoms with Crippen molar-refractivity contribution in [2.75, 3.05) is 0 Å². The average molecular weight is 306 g/mol. The highest BCUT2D eigenvalue weighted by Gasteiger charge is 2.12. The molecule has 0 N–H and O–H groups in total. The second-order valence-electron chi connectivity index (χ2n) is 4.32. The first kappa shape index (κ1) is 13.3. The second kappa shape index (κ2) is 5.34. The number of ether oxygens (including phenoxy) is 1. The fourth-order valence-corrected chi connectivity index (χ4v) is 2.97. The Morgan fingerprint density at radius 1 is 1.30 bits per heavy atom. The number of pyridine rings is 1. The van der Waals surface area contributed by atoms with Crippen molar-refractivity contribution < 1.29 is 4.74 Å². The Balaban J connectivity index is 2.05. The molecule has 0 unspecified atom stereocenters. The molecule has 3 rings (SSSR count). The van der Waals surface area contributed by atoms with Gasteiger partial charge in [0.1, 0.15) is 10.6 Å². The van der Waals surface area contributed by atoms with Crippen molar-refractivity contribution in [3.63, 3.8) is 0 Å². The van der Waals surface area contributed by atoms with Gasteiger partial charge in [0.15, 0.2) is 0 Å². The number of hydrogen-bond donors (Lipinski definition) is 0. The number of halogens is 1. The third-order valence-electron chi connectivity index (χ3n) is 2.83. The summed E-state index contributed by atoms with van der Waals surface area (Å²) in [4.78, 5) is 14.7. The van der Waals surface area contributed by atoms with Crippen LogP contribution in [-0.2, 0) is 6.42 Å². The molecule has 3 aromatic rings. The van der Waals surface area contributed by atoms with Gasteiger partial charge in [-0.1, -0.05) is 6.92 Å². The van der Waals surface area contributed by atoms with E-state index in [1.54, 1.807) is 17.5 Å². The summed E-state index contributed by atoms with van der Waals surface area (Å²) in [6.45, 7) is 4.03. The summed E-state index contributed by atoms with van der Waals surface area (Å²) in [6, 6.07) is 5.80. The van der Waals surface area contributed by atoms with E-state index in [9.17, 15) is 0 Å². The molecule has 3 aromatic heterocycles. The molecule has 0 atom stereocenters. The molecule has 0 aliphatic rings. The monoisotopic (exact) mass is 305 g/mol. The van der Waals surface area contributed by atoms with Gasteiger partial charge < -0.3 is 4.74 Å². The molecular formula is C14H12ClN3OS. The van der Waals surface area contributed by atoms with Crippen molar-refractivity contribution in [2.45, 2.75) is 20.3 Å². The van der Waals surface area contributed by atoms with Gasteiger partial charge in [-0.05, 0) is 43.1 Å². The normalized spacial score (nSPS) is 10.9. The number of nitrogens with zero attached hydrogens (tertiary/aromatic N) is 3. The van der Waals surface area contributed by atoms with Gasteiger partial charge >= 0.3 is 0 Å². The molecular weight excluding hydrogens is 294 g/mol. The molecule has 0 aromatic carbocycles. The fraction of sp³-hybridized carbons (Fsp3) is 0.214. The minimum atomic E-state index is 0.192. The Morgan fingerprint density at radius 2 is 2.15 bits per heavy atom. The SMILES string of the molecule is CCc1cc2c(Oc3ccc(C)nc3)nc(Cl)nc2s1. The lowest BCUT2D eigenvalue weighted by Crippen LogP contribution is -1.92. The maximum absolute atomic E-state index is 5.96. The minimum absolute atomic E-state index is 0.192. The van der Waals surface area contributed by atoms with Crippen molar-refractivity contribution in [2.24, 2.45) is 0 Å². The number of rotatable bonds is 3. The van der Waals surface area contributed by atoms with E-state index in [4.69, 9.17) is 16.3 Å². The lowest BCUT2D eigenvalue weighted by Gasteiger charge is -2.05. The van der Waals surface area contributed by atoms with Crippen LogP contribution in [0.4, 0.5) is 0 Å².